The molecule has 0 aromatic rings. The van der Waals surface area contributed by atoms with Crippen LogP contribution in [0.25, 0.3) is 0 Å². The molecule has 0 bridgehead atoms. The number of hydrogen-bond donors (Lipinski definition) is 0. The van der Waals surface area contributed by atoms with Gasteiger partial charge in [-0.2, -0.15) is 0 Å². The van der Waals surface area contributed by atoms with E-state index in [-0.39, 0.29) is 125 Å². The largest absolute Gasteiger partial charge is 3.00 e. The molecule has 0 aliphatic rings. The molecule has 0 atom stereocenters. The van der Waals surface area contributed by atoms with E-state index in [9.17, 15) is 0 Å². The Balaban J connectivity index is 0. The Morgan fingerprint density at radius 3 is 0.600 bits per heavy atom. The van der Waals surface area contributed by atoms with Crippen LogP contribution in [0.2, 0.25) is 0 Å². The van der Waals surface area contributed by atoms with Crippen LogP contribution in [0.4, 0.5) is 0 Å². The number of halogens is 3. The molecule has 0 saturated carbocycles. The molecule has 0 fully saturated rings. The number of hydrogen-bond acceptors (Lipinski definition) is 0. The zero-order valence-electron chi connectivity index (χ0n) is 2.42. The van der Waals surface area contributed by atoms with Crippen molar-refractivity contribution in [2.24, 2.45) is 0 Å². The number of rotatable bonds is 0. The molecule has 5 heavy (non-hydrogen) atoms. The van der Waals surface area contributed by atoms with E-state index in [1.807, 2.05) is 0 Å². The van der Waals surface area contributed by atoms with Gasteiger partial charge in [0.05, 0.1) is 0 Å². The molecule has 0 aromatic carbocycles. The summed E-state index contributed by atoms with van der Waals surface area (Å²) in [5, 5.41) is 0. The minimum absolute atomic E-state index is 0. The molecule has 0 heterocycles. The van der Waals surface area contributed by atoms with Crippen LogP contribution in [0.3, 0.4) is 0 Å². The van der Waals surface area contributed by atoms with Gasteiger partial charge in [0.1, 0.15) is 0 Å². The van der Waals surface area contributed by atoms with E-state index >= 15 is 0 Å². The van der Waals surface area contributed by atoms with Crippen LogP contribution in [0, 0.1) is 0 Å². The third kappa shape index (κ3) is 18.0. The molecule has 0 spiro atoms. The Morgan fingerprint density at radius 1 is 0.600 bits per heavy atom. The quantitative estimate of drug-likeness (QED) is 0.175. The fraction of sp³-hybridized carbons (Fsp3) is 0. The molecule has 0 aliphatic carbocycles. The zero-order chi connectivity index (χ0) is 0. The summed E-state index contributed by atoms with van der Waals surface area (Å²) in [6.45, 7) is 0. The average Bonchev–Trinajstić information content (AvgIpc) is 0. The Hall–Kier alpha value is 4.00. The normalized spacial score (nSPS) is 0. The summed E-state index contributed by atoms with van der Waals surface area (Å²) in [6.07, 6.45) is 0. The molecule has 0 amide bonds. The van der Waals surface area contributed by atoms with Crippen LogP contribution in [0.5, 0.6) is 0 Å². The Labute approximate surface area is 122 Å². The fourth-order valence-corrected chi connectivity index (χ4v) is 0. The summed E-state index contributed by atoms with van der Waals surface area (Å²) in [6, 6.07) is 0. The van der Waals surface area contributed by atoms with Gasteiger partial charge >= 0.3 is 25.8 Å². The third-order valence-corrected chi connectivity index (χ3v) is 0. The van der Waals surface area contributed by atoms with E-state index in [2.05, 4.69) is 0 Å². The molecular formula is HgI3In. The van der Waals surface area contributed by atoms with Crippen molar-refractivity contribution in [1.29, 1.82) is 0 Å². The zero-order valence-corrected chi connectivity index (χ0v) is 17.7. The van der Waals surface area contributed by atoms with E-state index in [1.54, 1.807) is 0 Å². The SMILES string of the molecule is [Hg].[I-].[I-].[I-].[In+3]. The van der Waals surface area contributed by atoms with Gasteiger partial charge in [0.15, 0.2) is 0 Å². The van der Waals surface area contributed by atoms with Crippen molar-refractivity contribution in [3.8, 4) is 0 Å². The maximum atomic E-state index is 0. The smallest absolute Gasteiger partial charge is 1.00 e. The second kappa shape index (κ2) is 24.5. The molecule has 0 radical (unpaired) electrons. The fourth-order valence-electron chi connectivity index (χ4n) is 0. The summed E-state index contributed by atoms with van der Waals surface area (Å²) in [5.74, 6) is 0. The van der Waals surface area contributed by atoms with Crippen molar-refractivity contribution < 1.29 is 99.6 Å². The van der Waals surface area contributed by atoms with Crippen LogP contribution in [-0.2, 0) is 27.7 Å². The summed E-state index contributed by atoms with van der Waals surface area (Å²) < 4.78 is 0. The first-order valence-electron chi connectivity index (χ1n) is 0. The molecule has 0 saturated heterocycles. The first kappa shape index (κ1) is 36.0. The summed E-state index contributed by atoms with van der Waals surface area (Å²) in [4.78, 5) is 0. The molecule has 5 heteroatoms. The van der Waals surface area contributed by atoms with Gasteiger partial charge in [-0.3, -0.25) is 0 Å². The molecular weight excluding hydrogens is 696 g/mol. The molecule has 0 aromatic heterocycles. The summed E-state index contributed by atoms with van der Waals surface area (Å²) in [5.41, 5.74) is 0. The molecule has 0 unspecified atom stereocenters. The Bertz CT molecular complexity index is 6.85. The molecule has 0 nitrogen and oxygen atoms in total. The van der Waals surface area contributed by atoms with Crippen molar-refractivity contribution in [2.75, 3.05) is 0 Å². The van der Waals surface area contributed by atoms with Crippen molar-refractivity contribution in [1.82, 2.24) is 0 Å². The van der Waals surface area contributed by atoms with Crippen LogP contribution >= 0.6 is 0 Å². The standard InChI is InChI=1S/Hg.3HI.In/h;3*1H;/q;;;;+3/p-3. The van der Waals surface area contributed by atoms with Crippen molar-refractivity contribution in [3.05, 3.63) is 0 Å². The minimum atomic E-state index is 0. The topological polar surface area (TPSA) is 0 Å². The van der Waals surface area contributed by atoms with Gasteiger partial charge in [-0.25, -0.2) is 0 Å². The molecule has 0 aliphatic heterocycles. The van der Waals surface area contributed by atoms with E-state index < -0.39 is 0 Å². The third-order valence-electron chi connectivity index (χ3n) is 0. The van der Waals surface area contributed by atoms with Gasteiger partial charge in [0.25, 0.3) is 0 Å². The van der Waals surface area contributed by atoms with Gasteiger partial charge in [-0.05, 0) is 0 Å². The first-order valence-corrected chi connectivity index (χ1v) is 0. The predicted molar refractivity (Wildman–Crippen MR) is 5.75 cm³/mol. The van der Waals surface area contributed by atoms with Crippen molar-refractivity contribution in [2.45, 2.75) is 0 Å². The predicted octanol–water partition coefficient (Wildman–Crippen LogP) is -9.37. The van der Waals surface area contributed by atoms with Crippen LogP contribution in [-0.4, -0.2) is 25.8 Å². The van der Waals surface area contributed by atoms with E-state index in [0.717, 1.165) is 0 Å². The summed E-state index contributed by atoms with van der Waals surface area (Å²) in [7, 11) is 0. The van der Waals surface area contributed by atoms with Gasteiger partial charge < -0.3 is 71.9 Å². The first-order chi connectivity index (χ1) is 0. The molecule has 0 N–H and O–H groups in total. The van der Waals surface area contributed by atoms with Crippen LogP contribution in [0.1, 0.15) is 0 Å². The summed E-state index contributed by atoms with van der Waals surface area (Å²) >= 11 is 0. The van der Waals surface area contributed by atoms with Gasteiger partial charge in [-0.15, -0.1) is 0 Å². The maximum Gasteiger partial charge on any atom is 3.00 e. The van der Waals surface area contributed by atoms with Crippen molar-refractivity contribution >= 4 is 25.8 Å². The van der Waals surface area contributed by atoms with E-state index in [1.165, 1.54) is 0 Å². The van der Waals surface area contributed by atoms with Gasteiger partial charge in [-0.1, -0.05) is 0 Å². The van der Waals surface area contributed by atoms with Crippen molar-refractivity contribution in [3.63, 3.8) is 0 Å². The van der Waals surface area contributed by atoms with E-state index in [0.29, 0.717) is 0 Å². The maximum absolute atomic E-state index is 0. The minimum Gasteiger partial charge on any atom is -1.00 e. The van der Waals surface area contributed by atoms with E-state index in [4.69, 9.17) is 0 Å². The molecule has 26 valence electrons. The van der Waals surface area contributed by atoms with Gasteiger partial charge in [0, 0.05) is 27.7 Å². The average molecular weight is 696 g/mol. The molecule has 0 rings (SSSR count). The van der Waals surface area contributed by atoms with Crippen LogP contribution in [0.15, 0.2) is 0 Å². The Morgan fingerprint density at radius 2 is 0.600 bits per heavy atom. The second-order valence-electron chi connectivity index (χ2n) is 0. The van der Waals surface area contributed by atoms with Crippen LogP contribution < -0.4 is 71.9 Å². The monoisotopic (exact) mass is 698 g/mol. The Kier molecular flexibility index (Phi) is 177. The second-order valence-corrected chi connectivity index (χ2v) is 0. The van der Waals surface area contributed by atoms with Gasteiger partial charge in [0.2, 0.25) is 0 Å².